The average Bonchev–Trinajstić information content (AvgIpc) is 2.89. The van der Waals surface area contributed by atoms with E-state index in [0.29, 0.717) is 31.6 Å². The molecule has 0 aliphatic heterocycles. The summed E-state index contributed by atoms with van der Waals surface area (Å²) in [5.41, 5.74) is 0. The summed E-state index contributed by atoms with van der Waals surface area (Å²) in [6, 6.07) is 0. The molecule has 0 spiro atoms. The summed E-state index contributed by atoms with van der Waals surface area (Å²) in [7, 11) is -9.92. The number of phosphoric ester groups is 2. The number of phosphoric acid groups is 2. The molecular formula is C74H140O17P2. The fourth-order valence-corrected chi connectivity index (χ4v) is 12.3. The minimum absolute atomic E-state index is 0.0991. The maximum absolute atomic E-state index is 13.1. The maximum atomic E-state index is 13.1. The van der Waals surface area contributed by atoms with Gasteiger partial charge in [-0.25, -0.2) is 9.13 Å². The molecule has 0 aliphatic rings. The number of aliphatic hydroxyl groups excluding tert-OH is 1. The molecule has 19 heteroatoms. The van der Waals surface area contributed by atoms with Crippen molar-refractivity contribution >= 4 is 39.5 Å². The summed E-state index contributed by atoms with van der Waals surface area (Å²) in [5, 5.41) is 10.6. The van der Waals surface area contributed by atoms with Gasteiger partial charge in [-0.15, -0.1) is 0 Å². The van der Waals surface area contributed by atoms with Gasteiger partial charge in [0.25, 0.3) is 0 Å². The smallest absolute Gasteiger partial charge is 0.462 e. The second kappa shape index (κ2) is 64.2. The Hall–Kier alpha value is -2.46. The van der Waals surface area contributed by atoms with Crippen molar-refractivity contribution in [2.75, 3.05) is 39.6 Å². The molecule has 93 heavy (non-hydrogen) atoms. The minimum Gasteiger partial charge on any atom is -0.462 e. The van der Waals surface area contributed by atoms with Crippen LogP contribution in [-0.2, 0) is 65.4 Å². The number of unbranched alkanes of at least 4 members (excludes halogenated alkanes) is 34. The van der Waals surface area contributed by atoms with Gasteiger partial charge in [0.15, 0.2) is 12.2 Å². The largest absolute Gasteiger partial charge is 0.472 e. The quantitative estimate of drug-likeness (QED) is 0.0169. The minimum atomic E-state index is -4.96. The van der Waals surface area contributed by atoms with Crippen LogP contribution in [0.5, 0.6) is 0 Å². The van der Waals surface area contributed by atoms with Crippen molar-refractivity contribution in [3.05, 3.63) is 24.3 Å². The van der Waals surface area contributed by atoms with E-state index in [1.165, 1.54) is 135 Å². The molecule has 6 atom stereocenters. The fourth-order valence-electron chi connectivity index (χ4n) is 10.7. The molecule has 0 rings (SSSR count). The maximum Gasteiger partial charge on any atom is 0.472 e. The normalized spacial score (nSPS) is 14.6. The van der Waals surface area contributed by atoms with Crippen molar-refractivity contribution < 1.29 is 80.2 Å². The number of hydrogen-bond acceptors (Lipinski definition) is 15. The summed E-state index contributed by atoms with van der Waals surface area (Å²) in [6.45, 7) is 11.8. The summed E-state index contributed by atoms with van der Waals surface area (Å²) in [5.74, 6) is 0.115. The number of hydrogen-bond donors (Lipinski definition) is 3. The predicted molar refractivity (Wildman–Crippen MR) is 377 cm³/mol. The van der Waals surface area contributed by atoms with Crippen molar-refractivity contribution in [1.82, 2.24) is 0 Å². The van der Waals surface area contributed by atoms with Gasteiger partial charge >= 0.3 is 39.5 Å². The summed E-state index contributed by atoms with van der Waals surface area (Å²) < 4.78 is 68.4. The standard InChI is InChI=1S/C74H140O17P2/c1-8-10-11-12-13-14-15-16-17-18-21-27-34-41-48-55-71(76)84-61-69(90-73(78)57-50-43-35-28-22-19-20-25-31-38-45-52-65(3)4)63-88-92(80,81)86-59-68(75)60-87-93(82,83)89-64-70(62-85-72(77)56-49-42-37-30-32-39-46-53-66(5)6)91-74(79)58-51-44-36-29-24-23-26-33-40-47-54-67(7)9-2/h14-17,65-70,75H,8-13,18-64H2,1-7H3,(H,80,81)(H,82,83)/b15-14-,17-16-/t67?,68?,69-,70-/m1/s1. The third kappa shape index (κ3) is 66.6. The van der Waals surface area contributed by atoms with Crippen molar-refractivity contribution in [3.8, 4) is 0 Å². The van der Waals surface area contributed by atoms with Gasteiger partial charge in [0.2, 0.25) is 0 Å². The molecule has 0 amide bonds. The van der Waals surface area contributed by atoms with Gasteiger partial charge < -0.3 is 33.8 Å². The predicted octanol–water partition coefficient (Wildman–Crippen LogP) is 21.0. The van der Waals surface area contributed by atoms with Crippen LogP contribution in [-0.4, -0.2) is 96.7 Å². The van der Waals surface area contributed by atoms with Gasteiger partial charge in [0, 0.05) is 25.7 Å². The Labute approximate surface area is 567 Å². The molecule has 0 aliphatic carbocycles. The number of rotatable bonds is 70. The molecule has 17 nitrogen and oxygen atoms in total. The SMILES string of the molecule is CCCCCC/C=C\C=C/CCCCCCCC(=O)OC[C@H](COP(=O)(O)OCC(O)COP(=O)(O)OC[C@@H](COC(=O)CCCCCCCCCC(C)C)OC(=O)CCCCCCCCCCCCC(C)CC)OC(=O)CCCCCCCCCCCCCC(C)C. The van der Waals surface area contributed by atoms with Gasteiger partial charge in [0.1, 0.15) is 19.3 Å². The van der Waals surface area contributed by atoms with Crippen molar-refractivity contribution in [3.63, 3.8) is 0 Å². The second-order valence-corrected chi connectivity index (χ2v) is 30.1. The lowest BCUT2D eigenvalue weighted by molar-refractivity contribution is -0.161. The highest BCUT2D eigenvalue weighted by Crippen LogP contribution is 2.45. The highest BCUT2D eigenvalue weighted by Gasteiger charge is 2.30. The first kappa shape index (κ1) is 90.5. The zero-order valence-corrected chi connectivity index (χ0v) is 62.0. The molecule has 0 saturated heterocycles. The average molecular weight is 1360 g/mol. The van der Waals surface area contributed by atoms with Crippen LogP contribution in [0.25, 0.3) is 0 Å². The molecule has 3 N–H and O–H groups in total. The van der Waals surface area contributed by atoms with Gasteiger partial charge in [0.05, 0.1) is 26.4 Å². The van der Waals surface area contributed by atoms with Crippen molar-refractivity contribution in [1.29, 1.82) is 0 Å². The van der Waals surface area contributed by atoms with E-state index in [-0.39, 0.29) is 25.7 Å². The number of carbonyl (C=O) groups is 4. The van der Waals surface area contributed by atoms with Crippen LogP contribution in [0.3, 0.4) is 0 Å². The van der Waals surface area contributed by atoms with Gasteiger partial charge in [-0.1, -0.05) is 297 Å². The molecule has 4 unspecified atom stereocenters. The van der Waals surface area contributed by atoms with E-state index in [9.17, 15) is 43.2 Å². The molecule has 0 saturated carbocycles. The number of ether oxygens (including phenoxy) is 4. The van der Waals surface area contributed by atoms with Crippen LogP contribution in [0.2, 0.25) is 0 Å². The highest BCUT2D eigenvalue weighted by molar-refractivity contribution is 7.47. The van der Waals surface area contributed by atoms with Crippen molar-refractivity contribution in [2.45, 2.75) is 369 Å². The van der Waals surface area contributed by atoms with E-state index in [0.717, 1.165) is 127 Å². The highest BCUT2D eigenvalue weighted by atomic mass is 31.2. The summed E-state index contributed by atoms with van der Waals surface area (Å²) in [6.07, 6.45) is 52.1. The summed E-state index contributed by atoms with van der Waals surface area (Å²) >= 11 is 0. The van der Waals surface area contributed by atoms with E-state index in [4.69, 9.17) is 37.0 Å². The van der Waals surface area contributed by atoms with Gasteiger partial charge in [-0.3, -0.25) is 37.3 Å². The van der Waals surface area contributed by atoms with E-state index in [1.807, 2.05) is 0 Å². The molecule has 0 heterocycles. The third-order valence-corrected chi connectivity index (χ3v) is 18.8. The molecule has 0 radical (unpaired) electrons. The van der Waals surface area contributed by atoms with E-state index >= 15 is 0 Å². The van der Waals surface area contributed by atoms with Crippen molar-refractivity contribution in [2.24, 2.45) is 17.8 Å². The van der Waals surface area contributed by atoms with Gasteiger partial charge in [-0.2, -0.15) is 0 Å². The Morgan fingerprint density at radius 3 is 0.957 bits per heavy atom. The van der Waals surface area contributed by atoms with Crippen LogP contribution in [0, 0.1) is 17.8 Å². The molecule has 0 aromatic heterocycles. The van der Waals surface area contributed by atoms with Gasteiger partial charge in [-0.05, 0) is 69.1 Å². The Balaban J connectivity index is 5.30. The first-order chi connectivity index (χ1) is 44.8. The Morgan fingerprint density at radius 2 is 0.634 bits per heavy atom. The Kier molecular flexibility index (Phi) is 62.5. The number of carbonyl (C=O) groups excluding carboxylic acids is 4. The van der Waals surface area contributed by atoms with E-state index in [2.05, 4.69) is 72.8 Å². The second-order valence-electron chi connectivity index (χ2n) is 27.2. The van der Waals surface area contributed by atoms with Crippen LogP contribution >= 0.6 is 15.6 Å². The molecular weight excluding hydrogens is 1220 g/mol. The topological polar surface area (TPSA) is 237 Å². The molecule has 0 aromatic carbocycles. The van der Waals surface area contributed by atoms with E-state index < -0.39 is 97.5 Å². The third-order valence-electron chi connectivity index (χ3n) is 16.9. The number of allylic oxidation sites excluding steroid dienone is 4. The zero-order chi connectivity index (χ0) is 68.7. The zero-order valence-electron chi connectivity index (χ0n) is 60.2. The Bertz CT molecular complexity index is 1910. The first-order valence-electron chi connectivity index (χ1n) is 37.7. The van der Waals surface area contributed by atoms with Crippen LogP contribution in [0.4, 0.5) is 0 Å². The first-order valence-corrected chi connectivity index (χ1v) is 40.7. The van der Waals surface area contributed by atoms with Crippen LogP contribution in [0.15, 0.2) is 24.3 Å². The number of esters is 4. The lowest BCUT2D eigenvalue weighted by Crippen LogP contribution is -2.30. The molecule has 548 valence electrons. The molecule has 0 bridgehead atoms. The lowest BCUT2D eigenvalue weighted by atomic mass is 9.99. The van der Waals surface area contributed by atoms with Crippen LogP contribution in [0.1, 0.15) is 350 Å². The number of aliphatic hydroxyl groups is 1. The summed E-state index contributed by atoms with van der Waals surface area (Å²) in [4.78, 5) is 72.7. The molecule has 0 aromatic rings. The monoisotopic (exact) mass is 1360 g/mol. The Morgan fingerprint density at radius 1 is 0.355 bits per heavy atom. The fraction of sp³-hybridized carbons (Fsp3) is 0.892. The van der Waals surface area contributed by atoms with E-state index in [1.54, 1.807) is 0 Å². The van der Waals surface area contributed by atoms with Crippen LogP contribution < -0.4 is 0 Å². The molecule has 0 fully saturated rings. The lowest BCUT2D eigenvalue weighted by Gasteiger charge is -2.21.